The lowest BCUT2D eigenvalue weighted by atomic mass is 9.91. The average molecular weight is 222 g/mol. The molecule has 1 N–H and O–H groups in total. The maximum absolute atomic E-state index is 11.3. The van der Waals surface area contributed by atoms with Gasteiger partial charge in [-0.2, -0.15) is 0 Å². The summed E-state index contributed by atoms with van der Waals surface area (Å²) >= 11 is 5.29. The quantitative estimate of drug-likeness (QED) is 0.720. The monoisotopic (exact) mass is 221 g/mol. The lowest BCUT2D eigenvalue weighted by Crippen LogP contribution is -2.50. The number of carbonyl (C=O) groups is 1. The average Bonchev–Trinajstić information content (AvgIpc) is 2.18. The van der Waals surface area contributed by atoms with Crippen LogP contribution in [0.5, 0.6) is 0 Å². The normalized spacial score (nSPS) is 27.5. The van der Waals surface area contributed by atoms with Gasteiger partial charge in [0, 0.05) is 6.54 Å². The zero-order valence-corrected chi connectivity index (χ0v) is 9.09. The zero-order chi connectivity index (χ0) is 10.6. The summed E-state index contributed by atoms with van der Waals surface area (Å²) in [5, 5.41) is 9.99. The van der Waals surface area contributed by atoms with E-state index in [1.807, 2.05) is 6.92 Å². The topological polar surface area (TPSA) is 49.8 Å². The number of piperidine rings is 1. The van der Waals surface area contributed by atoms with Crippen LogP contribution in [0.3, 0.4) is 0 Å². The molecule has 1 fully saturated rings. The minimum Gasteiger partial charge on any atom is -0.433 e. The molecule has 14 heavy (non-hydrogen) atoms. The van der Waals surface area contributed by atoms with Crippen molar-refractivity contribution < 1.29 is 14.6 Å². The molecule has 0 spiro atoms. The third-order valence-electron chi connectivity index (χ3n) is 2.65. The largest absolute Gasteiger partial charge is 0.433 e. The molecule has 0 radical (unpaired) electrons. The summed E-state index contributed by atoms with van der Waals surface area (Å²) in [5.74, 6) is 0. The molecular formula is C9H16ClNO3. The van der Waals surface area contributed by atoms with Gasteiger partial charge in [-0.3, -0.25) is 0 Å². The molecule has 0 saturated carbocycles. The van der Waals surface area contributed by atoms with Crippen LogP contribution in [-0.4, -0.2) is 40.9 Å². The summed E-state index contributed by atoms with van der Waals surface area (Å²) in [5.41, 5.74) is -0.746. The van der Waals surface area contributed by atoms with Crippen LogP contribution in [0.4, 0.5) is 4.79 Å². The highest BCUT2D eigenvalue weighted by molar-refractivity contribution is 6.17. The number of aliphatic hydroxyl groups is 1. The first kappa shape index (κ1) is 11.6. The van der Waals surface area contributed by atoms with Crippen LogP contribution >= 0.6 is 11.6 Å². The van der Waals surface area contributed by atoms with Crippen LogP contribution in [0.15, 0.2) is 0 Å². The highest BCUT2D eigenvalue weighted by Crippen LogP contribution is 2.24. The number of alkyl halides is 1. The van der Waals surface area contributed by atoms with Gasteiger partial charge in [0.2, 0.25) is 0 Å². The van der Waals surface area contributed by atoms with Gasteiger partial charge in [-0.05, 0) is 19.3 Å². The SMILES string of the molecule is CC[C@]1(O)CCCN(C(=O)OCCl)C1. The summed E-state index contributed by atoms with van der Waals surface area (Å²) in [6.07, 6.45) is 1.76. The van der Waals surface area contributed by atoms with Crippen molar-refractivity contribution in [3.8, 4) is 0 Å². The Bertz CT molecular complexity index is 212. The van der Waals surface area contributed by atoms with Crippen LogP contribution in [0, 0.1) is 0 Å². The van der Waals surface area contributed by atoms with Crippen molar-refractivity contribution in [3.63, 3.8) is 0 Å². The van der Waals surface area contributed by atoms with Gasteiger partial charge in [0.1, 0.15) is 0 Å². The van der Waals surface area contributed by atoms with E-state index in [0.29, 0.717) is 19.5 Å². The minimum atomic E-state index is -0.746. The number of β-amino-alcohol motifs (C(OH)–C–C–N with tert-alkyl or cyclic N) is 1. The van der Waals surface area contributed by atoms with Crippen LogP contribution < -0.4 is 0 Å². The highest BCUT2D eigenvalue weighted by Gasteiger charge is 2.34. The smallest absolute Gasteiger partial charge is 0.411 e. The summed E-state index contributed by atoms with van der Waals surface area (Å²) in [6, 6.07) is -0.139. The molecule has 0 aromatic rings. The molecule has 0 aliphatic carbocycles. The summed E-state index contributed by atoms with van der Waals surface area (Å²) < 4.78 is 4.66. The summed E-state index contributed by atoms with van der Waals surface area (Å²) in [6.45, 7) is 2.90. The van der Waals surface area contributed by atoms with Gasteiger partial charge < -0.3 is 14.7 Å². The molecule has 4 nitrogen and oxygen atoms in total. The molecule has 5 heteroatoms. The van der Waals surface area contributed by atoms with Gasteiger partial charge in [-0.15, -0.1) is 0 Å². The maximum atomic E-state index is 11.3. The Morgan fingerprint density at radius 1 is 1.71 bits per heavy atom. The van der Waals surface area contributed by atoms with Crippen LogP contribution in [-0.2, 0) is 4.74 Å². The second-order valence-electron chi connectivity index (χ2n) is 3.62. The molecular weight excluding hydrogens is 206 g/mol. The Hall–Kier alpha value is -0.480. The predicted octanol–water partition coefficient (Wildman–Crippen LogP) is 1.56. The predicted molar refractivity (Wildman–Crippen MR) is 53.2 cm³/mol. The van der Waals surface area contributed by atoms with Crippen molar-refractivity contribution in [2.75, 3.05) is 19.2 Å². The molecule has 1 atom stereocenters. The van der Waals surface area contributed by atoms with E-state index in [1.165, 1.54) is 4.90 Å². The third kappa shape index (κ3) is 2.75. The first-order valence-corrected chi connectivity index (χ1v) is 5.35. The first-order chi connectivity index (χ1) is 6.61. The zero-order valence-electron chi connectivity index (χ0n) is 8.33. The lowest BCUT2D eigenvalue weighted by molar-refractivity contribution is -0.0303. The van der Waals surface area contributed by atoms with E-state index in [2.05, 4.69) is 4.74 Å². The first-order valence-electron chi connectivity index (χ1n) is 4.81. The number of ether oxygens (including phenoxy) is 1. The van der Waals surface area contributed by atoms with Crippen molar-refractivity contribution in [1.29, 1.82) is 0 Å². The molecule has 1 rings (SSSR count). The van der Waals surface area contributed by atoms with E-state index in [9.17, 15) is 9.90 Å². The molecule has 1 aliphatic heterocycles. The number of halogens is 1. The number of hydrogen-bond acceptors (Lipinski definition) is 3. The van der Waals surface area contributed by atoms with Crippen molar-refractivity contribution >= 4 is 17.7 Å². The van der Waals surface area contributed by atoms with E-state index in [4.69, 9.17) is 11.6 Å². The van der Waals surface area contributed by atoms with Gasteiger partial charge in [0.25, 0.3) is 0 Å². The van der Waals surface area contributed by atoms with Gasteiger partial charge >= 0.3 is 6.09 Å². The van der Waals surface area contributed by atoms with E-state index in [-0.39, 0.29) is 6.07 Å². The molecule has 1 amide bonds. The Balaban J connectivity index is 2.51. The number of rotatable bonds is 2. The molecule has 1 saturated heterocycles. The third-order valence-corrected chi connectivity index (χ3v) is 2.76. The second-order valence-corrected chi connectivity index (χ2v) is 3.84. The number of likely N-dealkylation sites (tertiary alicyclic amines) is 1. The fraction of sp³-hybridized carbons (Fsp3) is 0.889. The summed E-state index contributed by atoms with van der Waals surface area (Å²) in [7, 11) is 0. The Kier molecular flexibility index (Phi) is 4.01. The standard InChI is InChI=1S/C9H16ClNO3/c1-2-9(13)4-3-5-11(6-9)8(12)14-7-10/h13H,2-7H2,1H3/t9-/m0/s1. The van der Waals surface area contributed by atoms with Crippen molar-refractivity contribution in [1.82, 2.24) is 4.90 Å². The fourth-order valence-electron chi connectivity index (χ4n) is 1.69. The molecule has 82 valence electrons. The number of nitrogens with zero attached hydrogens (tertiary/aromatic N) is 1. The van der Waals surface area contributed by atoms with Gasteiger partial charge in [0.15, 0.2) is 6.07 Å². The number of amides is 1. The Morgan fingerprint density at radius 3 is 3.00 bits per heavy atom. The number of hydrogen-bond donors (Lipinski definition) is 1. The second kappa shape index (κ2) is 4.84. The van der Waals surface area contributed by atoms with Gasteiger partial charge in [-0.25, -0.2) is 4.79 Å². The lowest BCUT2D eigenvalue weighted by Gasteiger charge is -2.37. The molecule has 0 aromatic carbocycles. The van der Waals surface area contributed by atoms with Crippen LogP contribution in [0.1, 0.15) is 26.2 Å². The van der Waals surface area contributed by atoms with E-state index >= 15 is 0 Å². The van der Waals surface area contributed by atoms with Gasteiger partial charge in [-0.1, -0.05) is 18.5 Å². The van der Waals surface area contributed by atoms with Gasteiger partial charge in [0.05, 0.1) is 12.1 Å². The Morgan fingerprint density at radius 2 is 2.43 bits per heavy atom. The number of carbonyl (C=O) groups excluding carboxylic acids is 1. The molecule has 1 heterocycles. The van der Waals surface area contributed by atoms with E-state index in [0.717, 1.165) is 12.8 Å². The molecule has 1 aliphatic rings. The molecule has 0 unspecified atom stereocenters. The highest BCUT2D eigenvalue weighted by atomic mass is 35.5. The Labute approximate surface area is 88.8 Å². The molecule has 0 bridgehead atoms. The minimum absolute atomic E-state index is 0.139. The van der Waals surface area contributed by atoms with Crippen LogP contribution in [0.25, 0.3) is 0 Å². The van der Waals surface area contributed by atoms with Crippen LogP contribution in [0.2, 0.25) is 0 Å². The van der Waals surface area contributed by atoms with Crippen molar-refractivity contribution in [2.45, 2.75) is 31.8 Å². The summed E-state index contributed by atoms with van der Waals surface area (Å²) in [4.78, 5) is 12.8. The van der Waals surface area contributed by atoms with E-state index < -0.39 is 11.7 Å². The fourth-order valence-corrected chi connectivity index (χ4v) is 1.79. The van der Waals surface area contributed by atoms with E-state index in [1.54, 1.807) is 0 Å². The van der Waals surface area contributed by atoms with Crippen molar-refractivity contribution in [3.05, 3.63) is 0 Å². The molecule has 0 aromatic heterocycles. The maximum Gasteiger partial charge on any atom is 0.411 e. The van der Waals surface area contributed by atoms with Crippen molar-refractivity contribution in [2.24, 2.45) is 0 Å².